The van der Waals surface area contributed by atoms with E-state index in [1.54, 1.807) is 0 Å². The molecule has 2 aromatic rings. The topological polar surface area (TPSA) is 28.2 Å². The molecule has 1 aliphatic rings. The first-order chi connectivity index (χ1) is 10.4. The molecule has 1 aromatic carbocycles. The lowest BCUT2D eigenvalue weighted by molar-refractivity contribution is 0.724. The summed E-state index contributed by atoms with van der Waals surface area (Å²) in [6, 6.07) is 15.2. The molecule has 3 rings (SSSR count). The molecule has 1 atom stereocenters. The second-order valence-electron chi connectivity index (χ2n) is 5.65. The van der Waals surface area contributed by atoms with Gasteiger partial charge in [0, 0.05) is 31.7 Å². The molecule has 21 heavy (non-hydrogen) atoms. The molecule has 2 heterocycles. The molecule has 0 radical (unpaired) electrons. The molecule has 0 aliphatic carbocycles. The zero-order valence-corrected chi connectivity index (χ0v) is 12.6. The van der Waals surface area contributed by atoms with Crippen molar-refractivity contribution in [3.63, 3.8) is 0 Å². The summed E-state index contributed by atoms with van der Waals surface area (Å²) in [5.41, 5.74) is 2.70. The van der Waals surface area contributed by atoms with Gasteiger partial charge in [0.25, 0.3) is 0 Å². The van der Waals surface area contributed by atoms with Gasteiger partial charge in [-0.1, -0.05) is 43.3 Å². The molecule has 110 valence electrons. The van der Waals surface area contributed by atoms with Gasteiger partial charge in [0.05, 0.1) is 0 Å². The zero-order valence-electron chi connectivity index (χ0n) is 12.6. The Hall–Kier alpha value is -1.87. The second kappa shape index (κ2) is 6.72. The van der Waals surface area contributed by atoms with Crippen LogP contribution in [0.3, 0.4) is 0 Å². The van der Waals surface area contributed by atoms with Crippen molar-refractivity contribution < 1.29 is 0 Å². The van der Waals surface area contributed by atoms with Crippen molar-refractivity contribution in [2.45, 2.75) is 25.8 Å². The van der Waals surface area contributed by atoms with E-state index in [2.05, 4.69) is 64.6 Å². The van der Waals surface area contributed by atoms with Crippen LogP contribution in [-0.4, -0.2) is 24.6 Å². The Morgan fingerprint density at radius 1 is 1.19 bits per heavy atom. The fourth-order valence-corrected chi connectivity index (χ4v) is 2.94. The Labute approximate surface area is 127 Å². The van der Waals surface area contributed by atoms with E-state index in [1.807, 2.05) is 6.20 Å². The lowest BCUT2D eigenvalue weighted by Crippen LogP contribution is -2.20. The summed E-state index contributed by atoms with van der Waals surface area (Å²) < 4.78 is 0. The molecule has 0 saturated carbocycles. The van der Waals surface area contributed by atoms with E-state index in [0.717, 1.165) is 32.0 Å². The van der Waals surface area contributed by atoms with Crippen LogP contribution in [0.15, 0.2) is 48.7 Å². The zero-order chi connectivity index (χ0) is 14.5. The van der Waals surface area contributed by atoms with Crippen LogP contribution in [0.1, 0.15) is 30.4 Å². The van der Waals surface area contributed by atoms with Crippen molar-refractivity contribution in [3.8, 4) is 0 Å². The number of aromatic nitrogens is 1. The SMILES string of the molecule is CCNCc1ccc(N2CCC(c3ccccc3)C2)nc1. The van der Waals surface area contributed by atoms with Gasteiger partial charge in [-0.3, -0.25) is 0 Å². The highest BCUT2D eigenvalue weighted by Gasteiger charge is 2.24. The molecule has 1 aromatic heterocycles. The van der Waals surface area contributed by atoms with Crippen molar-refractivity contribution in [2.24, 2.45) is 0 Å². The maximum atomic E-state index is 4.63. The summed E-state index contributed by atoms with van der Waals surface area (Å²) in [5, 5.41) is 3.33. The quantitative estimate of drug-likeness (QED) is 0.912. The van der Waals surface area contributed by atoms with Crippen LogP contribution in [0.2, 0.25) is 0 Å². The van der Waals surface area contributed by atoms with Gasteiger partial charge in [-0.2, -0.15) is 0 Å². The van der Waals surface area contributed by atoms with Gasteiger partial charge in [-0.15, -0.1) is 0 Å². The largest absolute Gasteiger partial charge is 0.356 e. The summed E-state index contributed by atoms with van der Waals surface area (Å²) >= 11 is 0. The smallest absolute Gasteiger partial charge is 0.128 e. The van der Waals surface area contributed by atoms with Crippen molar-refractivity contribution >= 4 is 5.82 Å². The minimum Gasteiger partial charge on any atom is -0.356 e. The van der Waals surface area contributed by atoms with Gasteiger partial charge < -0.3 is 10.2 Å². The fraction of sp³-hybridized carbons (Fsp3) is 0.389. The number of anilines is 1. The predicted octanol–water partition coefficient (Wildman–Crippen LogP) is 3.19. The standard InChI is InChI=1S/C18H23N3/c1-2-19-12-15-8-9-18(20-13-15)21-11-10-17(14-21)16-6-4-3-5-7-16/h3-9,13,17,19H,2,10-12,14H2,1H3. The van der Waals surface area contributed by atoms with Gasteiger partial charge in [0.1, 0.15) is 5.82 Å². The third-order valence-corrected chi connectivity index (χ3v) is 4.17. The van der Waals surface area contributed by atoms with E-state index in [0.29, 0.717) is 5.92 Å². The van der Waals surface area contributed by atoms with Crippen LogP contribution < -0.4 is 10.2 Å². The molecule has 0 amide bonds. The molecule has 1 fully saturated rings. The van der Waals surface area contributed by atoms with Crippen LogP contribution in [-0.2, 0) is 6.54 Å². The van der Waals surface area contributed by atoms with E-state index in [1.165, 1.54) is 17.5 Å². The van der Waals surface area contributed by atoms with Crippen molar-refractivity contribution in [1.82, 2.24) is 10.3 Å². The normalized spacial score (nSPS) is 18.1. The van der Waals surface area contributed by atoms with Crippen LogP contribution in [0.5, 0.6) is 0 Å². The predicted molar refractivity (Wildman–Crippen MR) is 87.6 cm³/mol. The first kappa shape index (κ1) is 14.1. The third kappa shape index (κ3) is 3.42. The van der Waals surface area contributed by atoms with Crippen molar-refractivity contribution in [1.29, 1.82) is 0 Å². The van der Waals surface area contributed by atoms with Crippen LogP contribution in [0.25, 0.3) is 0 Å². The molecular formula is C18H23N3. The first-order valence-corrected chi connectivity index (χ1v) is 7.82. The van der Waals surface area contributed by atoms with Gasteiger partial charge in [-0.05, 0) is 30.2 Å². The molecular weight excluding hydrogens is 258 g/mol. The number of hydrogen-bond donors (Lipinski definition) is 1. The highest BCUT2D eigenvalue weighted by atomic mass is 15.2. The van der Waals surface area contributed by atoms with Gasteiger partial charge in [-0.25, -0.2) is 4.98 Å². The molecule has 1 unspecified atom stereocenters. The number of nitrogens with one attached hydrogen (secondary N) is 1. The number of nitrogens with zero attached hydrogens (tertiary/aromatic N) is 2. The molecule has 3 nitrogen and oxygen atoms in total. The fourth-order valence-electron chi connectivity index (χ4n) is 2.94. The highest BCUT2D eigenvalue weighted by Crippen LogP contribution is 2.29. The minimum absolute atomic E-state index is 0.634. The van der Waals surface area contributed by atoms with E-state index >= 15 is 0 Å². The summed E-state index contributed by atoms with van der Waals surface area (Å²) in [7, 11) is 0. The van der Waals surface area contributed by atoms with E-state index in [4.69, 9.17) is 0 Å². The minimum atomic E-state index is 0.634. The average molecular weight is 281 g/mol. The van der Waals surface area contributed by atoms with Crippen LogP contribution in [0.4, 0.5) is 5.82 Å². The molecule has 1 aliphatic heterocycles. The maximum absolute atomic E-state index is 4.63. The van der Waals surface area contributed by atoms with Crippen molar-refractivity contribution in [3.05, 3.63) is 59.8 Å². The Morgan fingerprint density at radius 3 is 2.76 bits per heavy atom. The van der Waals surface area contributed by atoms with Gasteiger partial charge in [0.15, 0.2) is 0 Å². The average Bonchev–Trinajstić information content (AvgIpc) is 3.04. The van der Waals surface area contributed by atoms with E-state index in [9.17, 15) is 0 Å². The molecule has 0 spiro atoms. The second-order valence-corrected chi connectivity index (χ2v) is 5.65. The van der Waals surface area contributed by atoms with Crippen LogP contribution >= 0.6 is 0 Å². The Bertz CT molecular complexity index is 550. The molecule has 1 N–H and O–H groups in total. The molecule has 0 bridgehead atoms. The lowest BCUT2D eigenvalue weighted by Gasteiger charge is -2.18. The van der Waals surface area contributed by atoms with Crippen molar-refractivity contribution in [2.75, 3.05) is 24.5 Å². The van der Waals surface area contributed by atoms with Crippen LogP contribution in [0, 0.1) is 0 Å². The summed E-state index contributed by atoms with van der Waals surface area (Å²) in [6.07, 6.45) is 3.21. The number of rotatable bonds is 5. The van der Waals surface area contributed by atoms with Gasteiger partial charge in [0.2, 0.25) is 0 Å². The van der Waals surface area contributed by atoms with Gasteiger partial charge >= 0.3 is 0 Å². The Balaban J connectivity index is 1.63. The number of hydrogen-bond acceptors (Lipinski definition) is 3. The van der Waals surface area contributed by atoms with E-state index in [-0.39, 0.29) is 0 Å². The number of pyridine rings is 1. The third-order valence-electron chi connectivity index (χ3n) is 4.17. The molecule has 3 heteroatoms. The lowest BCUT2D eigenvalue weighted by atomic mass is 9.99. The maximum Gasteiger partial charge on any atom is 0.128 e. The number of benzene rings is 1. The summed E-state index contributed by atoms with van der Waals surface area (Å²) in [4.78, 5) is 7.03. The monoisotopic (exact) mass is 281 g/mol. The molecule has 1 saturated heterocycles. The van der Waals surface area contributed by atoms with E-state index < -0.39 is 0 Å². The Morgan fingerprint density at radius 2 is 2.05 bits per heavy atom. The summed E-state index contributed by atoms with van der Waals surface area (Å²) in [6.45, 7) is 6.18. The Kier molecular flexibility index (Phi) is 4.51. The first-order valence-electron chi connectivity index (χ1n) is 7.82. The summed E-state index contributed by atoms with van der Waals surface area (Å²) in [5.74, 6) is 1.74. The highest BCUT2D eigenvalue weighted by molar-refractivity contribution is 5.42.